The third-order valence-electron chi connectivity index (χ3n) is 3.58. The normalized spacial score (nSPS) is 26.6. The number of para-hydroxylation sites is 1. The predicted molar refractivity (Wildman–Crippen MR) is 69.3 cm³/mol. The maximum Gasteiger partial charge on any atom is 0.175 e. The Morgan fingerprint density at radius 1 is 1.26 bits per heavy atom. The van der Waals surface area contributed by atoms with E-state index in [0.29, 0.717) is 24.5 Å². The molecule has 0 saturated carbocycles. The van der Waals surface area contributed by atoms with Gasteiger partial charge < -0.3 is 14.2 Å². The Labute approximate surface area is 112 Å². The number of ketones is 1. The highest BCUT2D eigenvalue weighted by Gasteiger charge is 2.29. The number of benzene rings is 1. The molecular weight excluding hydrogens is 244 g/mol. The summed E-state index contributed by atoms with van der Waals surface area (Å²) in [6.07, 6.45) is 2.98. The lowest BCUT2D eigenvalue weighted by Gasteiger charge is -2.27. The van der Waals surface area contributed by atoms with Gasteiger partial charge in [0.2, 0.25) is 0 Å². The summed E-state index contributed by atoms with van der Waals surface area (Å²) >= 11 is 0. The summed E-state index contributed by atoms with van der Waals surface area (Å²) in [6, 6.07) is 7.36. The first-order valence-electron chi connectivity index (χ1n) is 6.84. The highest BCUT2D eigenvalue weighted by atomic mass is 16.7. The topological polar surface area (TPSA) is 44.8 Å². The zero-order chi connectivity index (χ0) is 13.1. The van der Waals surface area contributed by atoms with E-state index in [1.165, 1.54) is 0 Å². The molecule has 0 N–H and O–H groups in total. The first kappa shape index (κ1) is 12.6. The van der Waals surface area contributed by atoms with Crippen LogP contribution in [0.15, 0.2) is 24.3 Å². The van der Waals surface area contributed by atoms with Crippen LogP contribution in [0.4, 0.5) is 0 Å². The summed E-state index contributed by atoms with van der Waals surface area (Å²) in [4.78, 5) is 12.3. The van der Waals surface area contributed by atoms with Crippen LogP contribution in [0.2, 0.25) is 0 Å². The molecule has 102 valence electrons. The molecule has 3 rings (SSSR count). The third-order valence-corrected chi connectivity index (χ3v) is 3.58. The van der Waals surface area contributed by atoms with Gasteiger partial charge in [0.15, 0.2) is 12.1 Å². The molecule has 0 aliphatic carbocycles. The second kappa shape index (κ2) is 5.72. The van der Waals surface area contributed by atoms with E-state index in [1.807, 2.05) is 18.2 Å². The number of carbonyl (C=O) groups excluding carboxylic acids is 1. The van der Waals surface area contributed by atoms with E-state index < -0.39 is 0 Å². The lowest BCUT2D eigenvalue weighted by atomic mass is 9.96. The van der Waals surface area contributed by atoms with Gasteiger partial charge in [-0.2, -0.15) is 0 Å². The minimum atomic E-state index is -0.222. The molecule has 2 unspecified atom stereocenters. The van der Waals surface area contributed by atoms with E-state index in [2.05, 4.69) is 0 Å². The molecule has 0 radical (unpaired) electrons. The molecule has 1 aromatic rings. The maximum absolute atomic E-state index is 12.3. The van der Waals surface area contributed by atoms with Gasteiger partial charge in [-0.3, -0.25) is 4.79 Å². The van der Waals surface area contributed by atoms with Crippen molar-refractivity contribution < 1.29 is 19.0 Å². The molecule has 0 amide bonds. The standard InChI is InChI=1S/C15H18O4/c16-15-11(10-19-14-7-3-4-8-17-14)9-18-13-6-2-1-5-12(13)15/h1-2,5-6,11,14H,3-4,7-10H2. The smallest absolute Gasteiger partial charge is 0.175 e. The van der Waals surface area contributed by atoms with E-state index in [-0.39, 0.29) is 18.0 Å². The average molecular weight is 262 g/mol. The number of Topliss-reactive ketones (excluding diaryl/α,β-unsaturated/α-hetero) is 1. The van der Waals surface area contributed by atoms with Crippen LogP contribution in [0.25, 0.3) is 0 Å². The van der Waals surface area contributed by atoms with Gasteiger partial charge in [0, 0.05) is 6.61 Å². The van der Waals surface area contributed by atoms with Crippen molar-refractivity contribution in [2.45, 2.75) is 25.6 Å². The highest BCUT2D eigenvalue weighted by molar-refractivity contribution is 6.01. The highest BCUT2D eigenvalue weighted by Crippen LogP contribution is 2.27. The number of hydrogen-bond acceptors (Lipinski definition) is 4. The Bertz CT molecular complexity index is 451. The van der Waals surface area contributed by atoms with Gasteiger partial charge in [-0.15, -0.1) is 0 Å². The molecule has 2 aliphatic heterocycles. The molecule has 2 aliphatic rings. The molecule has 1 aromatic carbocycles. The van der Waals surface area contributed by atoms with Gasteiger partial charge in [0.05, 0.1) is 18.1 Å². The number of hydrogen-bond donors (Lipinski definition) is 0. The van der Waals surface area contributed by atoms with Gasteiger partial charge in [-0.05, 0) is 31.4 Å². The van der Waals surface area contributed by atoms with E-state index in [1.54, 1.807) is 6.07 Å². The van der Waals surface area contributed by atoms with Crippen molar-refractivity contribution >= 4 is 5.78 Å². The van der Waals surface area contributed by atoms with Gasteiger partial charge in [0.1, 0.15) is 12.4 Å². The molecule has 1 saturated heterocycles. The molecule has 0 bridgehead atoms. The molecular formula is C15H18O4. The minimum absolute atomic E-state index is 0.109. The first-order chi connectivity index (χ1) is 9.34. The molecule has 2 atom stereocenters. The molecule has 2 heterocycles. The summed E-state index contributed by atoms with van der Waals surface area (Å²) in [6.45, 7) is 1.52. The van der Waals surface area contributed by atoms with Crippen LogP contribution in [0.5, 0.6) is 5.75 Å². The first-order valence-corrected chi connectivity index (χ1v) is 6.84. The fourth-order valence-corrected chi connectivity index (χ4v) is 2.47. The summed E-state index contributed by atoms with van der Waals surface area (Å²) in [5.74, 6) is 0.566. The molecule has 19 heavy (non-hydrogen) atoms. The largest absolute Gasteiger partial charge is 0.492 e. The predicted octanol–water partition coefficient (Wildman–Crippen LogP) is 2.42. The van der Waals surface area contributed by atoms with Crippen LogP contribution >= 0.6 is 0 Å². The van der Waals surface area contributed by atoms with Gasteiger partial charge in [-0.25, -0.2) is 0 Å². The SMILES string of the molecule is O=C1c2ccccc2OCC1COC1CCCCO1. The van der Waals surface area contributed by atoms with Crippen molar-refractivity contribution in [1.29, 1.82) is 0 Å². The second-order valence-electron chi connectivity index (χ2n) is 5.00. The molecule has 4 nitrogen and oxygen atoms in total. The molecule has 0 spiro atoms. The van der Waals surface area contributed by atoms with Gasteiger partial charge >= 0.3 is 0 Å². The average Bonchev–Trinajstić information content (AvgIpc) is 2.48. The van der Waals surface area contributed by atoms with E-state index in [0.717, 1.165) is 25.9 Å². The number of carbonyl (C=O) groups is 1. The Morgan fingerprint density at radius 2 is 2.16 bits per heavy atom. The van der Waals surface area contributed by atoms with E-state index >= 15 is 0 Å². The van der Waals surface area contributed by atoms with Crippen LogP contribution in [0.3, 0.4) is 0 Å². The third kappa shape index (κ3) is 2.80. The lowest BCUT2D eigenvalue weighted by molar-refractivity contribution is -0.167. The zero-order valence-electron chi connectivity index (χ0n) is 10.8. The number of ether oxygens (including phenoxy) is 3. The quantitative estimate of drug-likeness (QED) is 0.839. The van der Waals surface area contributed by atoms with Crippen LogP contribution in [-0.2, 0) is 9.47 Å². The number of fused-ring (bicyclic) bond motifs is 1. The van der Waals surface area contributed by atoms with Crippen molar-refractivity contribution in [2.75, 3.05) is 19.8 Å². The van der Waals surface area contributed by atoms with Crippen LogP contribution in [0, 0.1) is 5.92 Å². The Morgan fingerprint density at radius 3 is 3.00 bits per heavy atom. The van der Waals surface area contributed by atoms with Crippen molar-refractivity contribution in [2.24, 2.45) is 5.92 Å². The Kier molecular flexibility index (Phi) is 3.80. The summed E-state index contributed by atoms with van der Waals surface area (Å²) < 4.78 is 16.8. The molecule has 1 fully saturated rings. The molecule has 0 aromatic heterocycles. The second-order valence-corrected chi connectivity index (χ2v) is 5.00. The van der Waals surface area contributed by atoms with Crippen molar-refractivity contribution in [3.63, 3.8) is 0 Å². The minimum Gasteiger partial charge on any atom is -0.492 e. The van der Waals surface area contributed by atoms with Crippen molar-refractivity contribution in [3.05, 3.63) is 29.8 Å². The summed E-state index contributed by atoms with van der Waals surface area (Å²) in [5, 5.41) is 0. The Hall–Kier alpha value is -1.39. The van der Waals surface area contributed by atoms with Crippen molar-refractivity contribution in [3.8, 4) is 5.75 Å². The maximum atomic E-state index is 12.3. The van der Waals surface area contributed by atoms with Crippen LogP contribution in [0.1, 0.15) is 29.6 Å². The van der Waals surface area contributed by atoms with E-state index in [9.17, 15) is 4.79 Å². The monoisotopic (exact) mass is 262 g/mol. The fourth-order valence-electron chi connectivity index (χ4n) is 2.47. The fraction of sp³-hybridized carbons (Fsp3) is 0.533. The number of rotatable bonds is 3. The summed E-state index contributed by atoms with van der Waals surface area (Å²) in [5.41, 5.74) is 0.659. The van der Waals surface area contributed by atoms with Crippen LogP contribution in [-0.4, -0.2) is 31.9 Å². The van der Waals surface area contributed by atoms with Crippen molar-refractivity contribution in [1.82, 2.24) is 0 Å². The van der Waals surface area contributed by atoms with Gasteiger partial charge in [-0.1, -0.05) is 12.1 Å². The van der Waals surface area contributed by atoms with Gasteiger partial charge in [0.25, 0.3) is 0 Å². The van der Waals surface area contributed by atoms with Crippen LogP contribution < -0.4 is 4.74 Å². The van der Waals surface area contributed by atoms with E-state index in [4.69, 9.17) is 14.2 Å². The molecule has 4 heteroatoms. The summed E-state index contributed by atoms with van der Waals surface area (Å²) in [7, 11) is 0. The zero-order valence-corrected chi connectivity index (χ0v) is 10.8. The Balaban J connectivity index is 1.59. The lowest BCUT2D eigenvalue weighted by Crippen LogP contribution is -2.34.